The molecule has 1 saturated carbocycles. The van der Waals surface area contributed by atoms with Gasteiger partial charge in [0.25, 0.3) is 0 Å². The van der Waals surface area contributed by atoms with E-state index in [1.807, 2.05) is 20.8 Å². The zero-order valence-electron chi connectivity index (χ0n) is 13.7. The number of Topliss-reactive ketones (excluding diaryl/α,β-unsaturated/α-hetero) is 1. The topological polar surface area (TPSA) is 46.2 Å². The van der Waals surface area contributed by atoms with Crippen molar-refractivity contribution < 1.29 is 14.0 Å². The van der Waals surface area contributed by atoms with E-state index in [0.29, 0.717) is 18.4 Å². The summed E-state index contributed by atoms with van der Waals surface area (Å²) in [6.45, 7) is 7.61. The Morgan fingerprint density at radius 3 is 2.50 bits per heavy atom. The Kier molecular flexibility index (Phi) is 4.69. The summed E-state index contributed by atoms with van der Waals surface area (Å²) < 4.78 is 13.8. The molecule has 22 heavy (non-hydrogen) atoms. The Balaban J connectivity index is 2.05. The SMILES string of the molecule is CCC(=O)C(NC(=O)C1C[C@H]1c1ccccc1F)C(C)(C)C. The van der Waals surface area contributed by atoms with Gasteiger partial charge in [-0.2, -0.15) is 0 Å². The molecule has 0 spiro atoms. The Morgan fingerprint density at radius 1 is 1.32 bits per heavy atom. The molecule has 120 valence electrons. The highest BCUT2D eigenvalue weighted by Crippen LogP contribution is 2.48. The zero-order chi connectivity index (χ0) is 16.5. The Morgan fingerprint density at radius 2 is 1.95 bits per heavy atom. The number of halogens is 1. The molecule has 0 bridgehead atoms. The maximum atomic E-state index is 13.8. The van der Waals surface area contributed by atoms with E-state index < -0.39 is 6.04 Å². The lowest BCUT2D eigenvalue weighted by molar-refractivity contribution is -0.130. The van der Waals surface area contributed by atoms with Gasteiger partial charge in [-0.15, -0.1) is 0 Å². The lowest BCUT2D eigenvalue weighted by Crippen LogP contribution is -2.49. The second-order valence-corrected chi connectivity index (χ2v) is 7.10. The molecule has 0 aromatic heterocycles. The molecular weight excluding hydrogens is 281 g/mol. The average Bonchev–Trinajstić information content (AvgIpc) is 3.23. The Labute approximate surface area is 131 Å². The zero-order valence-corrected chi connectivity index (χ0v) is 13.7. The summed E-state index contributed by atoms with van der Waals surface area (Å²) in [5.74, 6) is -0.677. The van der Waals surface area contributed by atoms with E-state index in [2.05, 4.69) is 5.32 Å². The molecule has 2 unspecified atom stereocenters. The molecule has 1 aliphatic rings. The fraction of sp³-hybridized carbons (Fsp3) is 0.556. The molecule has 1 amide bonds. The summed E-state index contributed by atoms with van der Waals surface area (Å²) >= 11 is 0. The summed E-state index contributed by atoms with van der Waals surface area (Å²) in [4.78, 5) is 24.5. The van der Waals surface area contributed by atoms with Crippen molar-refractivity contribution in [3.05, 3.63) is 35.6 Å². The number of hydrogen-bond donors (Lipinski definition) is 1. The highest BCUT2D eigenvalue weighted by Gasteiger charge is 2.46. The van der Waals surface area contributed by atoms with Crippen molar-refractivity contribution in [2.24, 2.45) is 11.3 Å². The quantitative estimate of drug-likeness (QED) is 0.906. The van der Waals surface area contributed by atoms with Gasteiger partial charge in [0, 0.05) is 12.3 Å². The van der Waals surface area contributed by atoms with Crippen LogP contribution in [-0.4, -0.2) is 17.7 Å². The number of hydrogen-bond acceptors (Lipinski definition) is 2. The first kappa shape index (κ1) is 16.7. The minimum absolute atomic E-state index is 0.0314. The average molecular weight is 305 g/mol. The Hall–Kier alpha value is -1.71. The van der Waals surface area contributed by atoms with Gasteiger partial charge in [-0.25, -0.2) is 4.39 Å². The number of amides is 1. The molecule has 0 heterocycles. The van der Waals surface area contributed by atoms with E-state index in [-0.39, 0.29) is 34.8 Å². The van der Waals surface area contributed by atoms with Crippen molar-refractivity contribution in [2.45, 2.75) is 52.5 Å². The van der Waals surface area contributed by atoms with Crippen LogP contribution in [0.15, 0.2) is 24.3 Å². The fourth-order valence-corrected chi connectivity index (χ4v) is 2.84. The van der Waals surface area contributed by atoms with Crippen LogP contribution in [0.3, 0.4) is 0 Å². The molecule has 1 aliphatic carbocycles. The van der Waals surface area contributed by atoms with Crippen LogP contribution in [-0.2, 0) is 9.59 Å². The van der Waals surface area contributed by atoms with E-state index in [0.717, 1.165) is 0 Å². The number of carbonyl (C=O) groups excluding carboxylic acids is 2. The summed E-state index contributed by atoms with van der Waals surface area (Å²) in [7, 11) is 0. The van der Waals surface area contributed by atoms with E-state index in [4.69, 9.17) is 0 Å². The maximum Gasteiger partial charge on any atom is 0.224 e. The molecule has 1 fully saturated rings. The van der Waals surface area contributed by atoms with Gasteiger partial charge in [-0.05, 0) is 29.4 Å². The second-order valence-electron chi connectivity index (χ2n) is 7.10. The Bertz CT molecular complexity index is 577. The first-order chi connectivity index (χ1) is 10.3. The second kappa shape index (κ2) is 6.19. The molecule has 3 nitrogen and oxygen atoms in total. The number of rotatable bonds is 5. The largest absolute Gasteiger partial charge is 0.346 e. The van der Waals surface area contributed by atoms with Crippen molar-refractivity contribution in [1.82, 2.24) is 5.32 Å². The third-order valence-corrected chi connectivity index (χ3v) is 4.25. The molecule has 4 heteroatoms. The standard InChI is InChI=1S/C18H24FNO2/c1-5-15(21)16(18(2,3)4)20-17(22)13-10-12(13)11-8-6-7-9-14(11)19/h6-9,12-13,16H,5,10H2,1-4H3,(H,20,22)/t12-,13?,16?/m0/s1. The van der Waals surface area contributed by atoms with Gasteiger partial charge in [0.15, 0.2) is 5.78 Å². The molecule has 1 aromatic carbocycles. The lowest BCUT2D eigenvalue weighted by atomic mass is 9.83. The first-order valence-corrected chi connectivity index (χ1v) is 7.83. The summed E-state index contributed by atoms with van der Waals surface area (Å²) in [6, 6.07) is 6.08. The predicted octanol–water partition coefficient (Wildman–Crippen LogP) is 3.44. The number of nitrogens with one attached hydrogen (secondary N) is 1. The van der Waals surface area contributed by atoms with Crippen molar-refractivity contribution >= 4 is 11.7 Å². The molecule has 0 saturated heterocycles. The smallest absolute Gasteiger partial charge is 0.224 e. The molecule has 1 N–H and O–H groups in total. The minimum Gasteiger partial charge on any atom is -0.346 e. The lowest BCUT2D eigenvalue weighted by Gasteiger charge is -2.30. The van der Waals surface area contributed by atoms with Gasteiger partial charge < -0.3 is 5.32 Å². The van der Waals surface area contributed by atoms with E-state index >= 15 is 0 Å². The van der Waals surface area contributed by atoms with Gasteiger partial charge in [-0.3, -0.25) is 9.59 Å². The molecule has 2 rings (SSSR count). The molecule has 1 aromatic rings. The minimum atomic E-state index is -0.494. The molecular formula is C18H24FNO2. The van der Waals surface area contributed by atoms with Crippen molar-refractivity contribution in [1.29, 1.82) is 0 Å². The number of benzene rings is 1. The summed E-state index contributed by atoms with van der Waals surface area (Å²) in [5.41, 5.74) is 0.266. The summed E-state index contributed by atoms with van der Waals surface area (Å²) in [5, 5.41) is 2.88. The van der Waals surface area contributed by atoms with Crippen LogP contribution in [0.4, 0.5) is 4.39 Å². The van der Waals surface area contributed by atoms with Crippen molar-refractivity contribution in [3.8, 4) is 0 Å². The van der Waals surface area contributed by atoms with Gasteiger partial charge in [0.2, 0.25) is 5.91 Å². The van der Waals surface area contributed by atoms with Gasteiger partial charge in [-0.1, -0.05) is 45.9 Å². The van der Waals surface area contributed by atoms with Crippen LogP contribution in [0.5, 0.6) is 0 Å². The van der Waals surface area contributed by atoms with Crippen LogP contribution in [0.1, 0.15) is 52.0 Å². The highest BCUT2D eigenvalue weighted by atomic mass is 19.1. The fourth-order valence-electron chi connectivity index (χ4n) is 2.84. The summed E-state index contributed by atoms with van der Waals surface area (Å²) in [6.07, 6.45) is 1.04. The van der Waals surface area contributed by atoms with E-state index in [9.17, 15) is 14.0 Å². The van der Waals surface area contributed by atoms with Crippen molar-refractivity contribution in [2.75, 3.05) is 0 Å². The van der Waals surface area contributed by atoms with Crippen LogP contribution in [0, 0.1) is 17.2 Å². The number of ketones is 1. The normalized spacial score (nSPS) is 22.0. The molecule has 0 radical (unpaired) electrons. The van der Waals surface area contributed by atoms with E-state index in [1.165, 1.54) is 6.07 Å². The van der Waals surface area contributed by atoms with Crippen molar-refractivity contribution in [3.63, 3.8) is 0 Å². The van der Waals surface area contributed by atoms with Gasteiger partial charge in [0.1, 0.15) is 5.82 Å². The van der Waals surface area contributed by atoms with Crippen LogP contribution in [0.25, 0.3) is 0 Å². The van der Waals surface area contributed by atoms with Gasteiger partial charge >= 0.3 is 0 Å². The first-order valence-electron chi connectivity index (χ1n) is 7.83. The van der Waals surface area contributed by atoms with Crippen LogP contribution < -0.4 is 5.32 Å². The molecule has 3 atom stereocenters. The van der Waals surface area contributed by atoms with Crippen LogP contribution >= 0.6 is 0 Å². The van der Waals surface area contributed by atoms with Gasteiger partial charge in [0.05, 0.1) is 6.04 Å². The predicted molar refractivity (Wildman–Crippen MR) is 83.9 cm³/mol. The molecule has 0 aliphatic heterocycles. The van der Waals surface area contributed by atoms with E-state index in [1.54, 1.807) is 25.1 Å². The third-order valence-electron chi connectivity index (χ3n) is 4.25. The highest BCUT2D eigenvalue weighted by molar-refractivity contribution is 5.91. The number of carbonyl (C=O) groups is 2. The monoisotopic (exact) mass is 305 g/mol. The maximum absolute atomic E-state index is 13.8. The third kappa shape index (κ3) is 3.54. The van der Waals surface area contributed by atoms with Crippen LogP contribution in [0.2, 0.25) is 0 Å².